The third-order valence-corrected chi connectivity index (χ3v) is 1.95. The van der Waals surface area contributed by atoms with Crippen molar-refractivity contribution in [2.75, 3.05) is 13.7 Å². The first-order chi connectivity index (χ1) is 7.13. The van der Waals surface area contributed by atoms with Crippen molar-refractivity contribution in [3.05, 3.63) is 42.2 Å². The van der Waals surface area contributed by atoms with Gasteiger partial charge in [0, 0.05) is 5.56 Å². The molecule has 0 aromatic heterocycles. The fourth-order valence-electron chi connectivity index (χ4n) is 1.01. The summed E-state index contributed by atoms with van der Waals surface area (Å²) in [5.74, 6) is 1.30. The van der Waals surface area contributed by atoms with E-state index in [0.29, 0.717) is 23.7 Å². The summed E-state index contributed by atoms with van der Waals surface area (Å²) in [6.07, 6.45) is 0. The average Bonchev–Trinajstić information content (AvgIpc) is 2.26. The molecule has 0 radical (unpaired) electrons. The number of methoxy groups -OCH3 is 1. The molecular formula is C12H14O3. The molecule has 1 rings (SSSR count). The minimum atomic E-state index is 0.0443. The molecule has 1 aromatic carbocycles. The lowest BCUT2D eigenvalue weighted by molar-refractivity contribution is 0.101. The van der Waals surface area contributed by atoms with E-state index in [1.54, 1.807) is 31.4 Å². The molecule has 1 aromatic rings. The Labute approximate surface area is 89.3 Å². The maximum absolute atomic E-state index is 11.0. The molecule has 0 unspecified atom stereocenters. The van der Waals surface area contributed by atoms with Gasteiger partial charge in [-0.1, -0.05) is 6.58 Å². The summed E-state index contributed by atoms with van der Waals surface area (Å²) in [5.41, 5.74) is 0.674. The molecule has 3 heteroatoms. The van der Waals surface area contributed by atoms with Crippen LogP contribution >= 0.6 is 0 Å². The van der Waals surface area contributed by atoms with Crippen LogP contribution in [-0.4, -0.2) is 19.5 Å². The second-order valence-electron chi connectivity index (χ2n) is 3.11. The Morgan fingerprint density at radius 2 is 1.93 bits per heavy atom. The van der Waals surface area contributed by atoms with Gasteiger partial charge in [0.1, 0.15) is 18.1 Å². The van der Waals surface area contributed by atoms with Crippen LogP contribution in [0.2, 0.25) is 0 Å². The molecular weight excluding hydrogens is 192 g/mol. The van der Waals surface area contributed by atoms with Crippen LogP contribution in [0.3, 0.4) is 0 Å². The largest absolute Gasteiger partial charge is 0.498 e. The third-order valence-electron chi connectivity index (χ3n) is 1.95. The van der Waals surface area contributed by atoms with Crippen LogP contribution in [0.1, 0.15) is 17.3 Å². The second-order valence-corrected chi connectivity index (χ2v) is 3.11. The Kier molecular flexibility index (Phi) is 3.92. The third kappa shape index (κ3) is 3.46. The quantitative estimate of drug-likeness (QED) is 0.548. The number of ether oxygens (including phenoxy) is 2. The highest BCUT2D eigenvalue weighted by molar-refractivity contribution is 5.94. The first kappa shape index (κ1) is 11.3. The van der Waals surface area contributed by atoms with Gasteiger partial charge in [-0.2, -0.15) is 0 Å². The highest BCUT2D eigenvalue weighted by Gasteiger charge is 2.00. The average molecular weight is 206 g/mol. The molecule has 0 bridgehead atoms. The van der Waals surface area contributed by atoms with E-state index in [2.05, 4.69) is 6.58 Å². The molecule has 0 aliphatic rings. The van der Waals surface area contributed by atoms with Crippen molar-refractivity contribution in [2.45, 2.75) is 6.92 Å². The maximum Gasteiger partial charge on any atom is 0.159 e. The highest BCUT2D eigenvalue weighted by Crippen LogP contribution is 2.13. The monoisotopic (exact) mass is 206 g/mol. The topological polar surface area (TPSA) is 35.5 Å². The predicted octanol–water partition coefficient (Wildman–Crippen LogP) is 2.43. The first-order valence-corrected chi connectivity index (χ1v) is 4.59. The van der Waals surface area contributed by atoms with Gasteiger partial charge in [-0.05, 0) is 31.2 Å². The SMILES string of the molecule is C=C(COc1ccc(C(C)=O)cc1)OC. The van der Waals surface area contributed by atoms with E-state index in [4.69, 9.17) is 9.47 Å². The number of Topliss-reactive ketones (excluding diaryl/α,β-unsaturated/α-hetero) is 1. The Bertz CT molecular complexity index is 352. The van der Waals surface area contributed by atoms with Gasteiger partial charge in [0.15, 0.2) is 5.78 Å². The molecule has 0 saturated heterocycles. The van der Waals surface area contributed by atoms with Crippen molar-refractivity contribution in [2.24, 2.45) is 0 Å². The van der Waals surface area contributed by atoms with Crippen LogP contribution in [-0.2, 0) is 4.74 Å². The summed E-state index contributed by atoms with van der Waals surface area (Å²) in [4.78, 5) is 11.0. The van der Waals surface area contributed by atoms with Crippen LogP contribution in [0.15, 0.2) is 36.6 Å². The smallest absolute Gasteiger partial charge is 0.159 e. The van der Waals surface area contributed by atoms with Crippen LogP contribution in [0, 0.1) is 0 Å². The zero-order chi connectivity index (χ0) is 11.3. The molecule has 0 N–H and O–H groups in total. The number of carbonyl (C=O) groups excluding carboxylic acids is 1. The molecule has 15 heavy (non-hydrogen) atoms. The van der Waals surface area contributed by atoms with Crippen molar-refractivity contribution in [3.8, 4) is 5.75 Å². The lowest BCUT2D eigenvalue weighted by atomic mass is 10.1. The highest BCUT2D eigenvalue weighted by atomic mass is 16.5. The number of benzene rings is 1. The van der Waals surface area contributed by atoms with E-state index in [1.165, 1.54) is 6.92 Å². The van der Waals surface area contributed by atoms with Gasteiger partial charge in [-0.25, -0.2) is 0 Å². The first-order valence-electron chi connectivity index (χ1n) is 4.59. The molecule has 0 aliphatic carbocycles. The van der Waals surface area contributed by atoms with Crippen molar-refractivity contribution in [1.29, 1.82) is 0 Å². The van der Waals surface area contributed by atoms with Gasteiger partial charge < -0.3 is 9.47 Å². The van der Waals surface area contributed by atoms with Gasteiger partial charge in [-0.3, -0.25) is 4.79 Å². The normalized spacial score (nSPS) is 9.47. The molecule has 0 heterocycles. The Hall–Kier alpha value is -1.77. The summed E-state index contributed by atoms with van der Waals surface area (Å²) in [6, 6.07) is 6.96. The minimum absolute atomic E-state index is 0.0443. The summed E-state index contributed by atoms with van der Waals surface area (Å²) < 4.78 is 10.2. The fourth-order valence-corrected chi connectivity index (χ4v) is 1.01. The number of carbonyl (C=O) groups is 1. The van der Waals surface area contributed by atoms with Crippen LogP contribution in [0.25, 0.3) is 0 Å². The second kappa shape index (κ2) is 5.20. The van der Waals surface area contributed by atoms with Gasteiger partial charge in [-0.15, -0.1) is 0 Å². The van der Waals surface area contributed by atoms with E-state index in [-0.39, 0.29) is 5.78 Å². The number of hydrogen-bond donors (Lipinski definition) is 0. The summed E-state index contributed by atoms with van der Waals surface area (Å²) in [7, 11) is 1.55. The number of ketones is 1. The maximum atomic E-state index is 11.0. The minimum Gasteiger partial charge on any atom is -0.498 e. The fraction of sp³-hybridized carbons (Fsp3) is 0.250. The zero-order valence-electron chi connectivity index (χ0n) is 8.95. The summed E-state index contributed by atoms with van der Waals surface area (Å²) in [5, 5.41) is 0. The van der Waals surface area contributed by atoms with Crippen LogP contribution in [0.4, 0.5) is 0 Å². The Morgan fingerprint density at radius 1 is 1.33 bits per heavy atom. The summed E-state index contributed by atoms with van der Waals surface area (Å²) in [6.45, 7) is 5.48. The molecule has 0 fully saturated rings. The molecule has 0 spiro atoms. The van der Waals surface area contributed by atoms with Gasteiger partial charge in [0.25, 0.3) is 0 Å². The van der Waals surface area contributed by atoms with E-state index < -0.39 is 0 Å². The van der Waals surface area contributed by atoms with Crippen LogP contribution < -0.4 is 4.74 Å². The van der Waals surface area contributed by atoms with Gasteiger partial charge in [0.2, 0.25) is 0 Å². The summed E-state index contributed by atoms with van der Waals surface area (Å²) >= 11 is 0. The van der Waals surface area contributed by atoms with E-state index >= 15 is 0 Å². The molecule has 80 valence electrons. The standard InChI is InChI=1S/C12H14O3/c1-9(14-3)8-15-12-6-4-11(5-7-12)10(2)13/h4-7H,1,8H2,2-3H3. The lowest BCUT2D eigenvalue weighted by Gasteiger charge is -2.07. The molecule has 0 saturated carbocycles. The lowest BCUT2D eigenvalue weighted by Crippen LogP contribution is -2.01. The van der Waals surface area contributed by atoms with E-state index in [1.807, 2.05) is 0 Å². The molecule has 0 atom stereocenters. The van der Waals surface area contributed by atoms with Gasteiger partial charge >= 0.3 is 0 Å². The van der Waals surface area contributed by atoms with Gasteiger partial charge in [0.05, 0.1) is 7.11 Å². The van der Waals surface area contributed by atoms with E-state index in [9.17, 15) is 4.79 Å². The Balaban J connectivity index is 2.57. The van der Waals surface area contributed by atoms with Crippen LogP contribution in [0.5, 0.6) is 5.75 Å². The molecule has 0 amide bonds. The van der Waals surface area contributed by atoms with E-state index in [0.717, 1.165) is 0 Å². The predicted molar refractivity (Wildman–Crippen MR) is 58.1 cm³/mol. The Morgan fingerprint density at radius 3 is 2.40 bits per heavy atom. The van der Waals surface area contributed by atoms with Crippen molar-refractivity contribution < 1.29 is 14.3 Å². The molecule has 0 aliphatic heterocycles. The number of hydrogen-bond acceptors (Lipinski definition) is 3. The van der Waals surface area contributed by atoms with Crippen molar-refractivity contribution >= 4 is 5.78 Å². The molecule has 3 nitrogen and oxygen atoms in total. The van der Waals surface area contributed by atoms with Crippen molar-refractivity contribution in [3.63, 3.8) is 0 Å². The zero-order valence-corrected chi connectivity index (χ0v) is 8.95. The number of rotatable bonds is 5. The van der Waals surface area contributed by atoms with Crippen molar-refractivity contribution in [1.82, 2.24) is 0 Å².